The van der Waals surface area contributed by atoms with Crippen LogP contribution in [0.2, 0.25) is 0 Å². The fraction of sp³-hybridized carbons (Fsp3) is 0.176. The summed E-state index contributed by atoms with van der Waals surface area (Å²) in [6.45, 7) is 2.82. The van der Waals surface area contributed by atoms with E-state index >= 15 is 0 Å². The van der Waals surface area contributed by atoms with E-state index in [4.69, 9.17) is 9.47 Å². The van der Waals surface area contributed by atoms with Gasteiger partial charge in [0.15, 0.2) is 11.5 Å². The molecule has 0 aromatic heterocycles. The number of fused-ring (bicyclic) bond motifs is 1. The van der Waals surface area contributed by atoms with Crippen molar-refractivity contribution in [1.29, 1.82) is 0 Å². The number of benzene rings is 2. The minimum absolute atomic E-state index is 0.0859. The van der Waals surface area contributed by atoms with Crippen LogP contribution < -0.4 is 14.9 Å². The Hall–Kier alpha value is -3.02. The number of ether oxygens (including phenoxy) is 2. The Bertz CT molecular complexity index is 771. The lowest BCUT2D eigenvalue weighted by Gasteiger charge is -2.18. The first-order valence-electron chi connectivity index (χ1n) is 7.18. The Morgan fingerprint density at radius 1 is 1.13 bits per heavy atom. The van der Waals surface area contributed by atoms with E-state index in [1.165, 1.54) is 12.1 Å². The second kappa shape index (κ2) is 6.39. The van der Waals surface area contributed by atoms with Gasteiger partial charge in [0.25, 0.3) is 5.91 Å². The summed E-state index contributed by atoms with van der Waals surface area (Å²) in [5.74, 6) is 0.804. The van der Waals surface area contributed by atoms with Crippen LogP contribution in [0.25, 0.3) is 0 Å². The number of carbonyl (C=O) groups is 1. The van der Waals surface area contributed by atoms with E-state index in [1.54, 1.807) is 19.1 Å². The van der Waals surface area contributed by atoms with Crippen molar-refractivity contribution in [2.75, 3.05) is 13.2 Å². The van der Waals surface area contributed by atoms with Gasteiger partial charge in [0, 0.05) is 5.56 Å². The van der Waals surface area contributed by atoms with Gasteiger partial charge in [-0.25, -0.2) is 5.43 Å². The van der Waals surface area contributed by atoms with E-state index in [0.717, 1.165) is 5.56 Å². The van der Waals surface area contributed by atoms with Crippen molar-refractivity contribution < 1.29 is 19.4 Å². The van der Waals surface area contributed by atoms with Crippen molar-refractivity contribution >= 4 is 11.6 Å². The van der Waals surface area contributed by atoms with E-state index in [9.17, 15) is 9.90 Å². The van der Waals surface area contributed by atoms with Crippen molar-refractivity contribution in [1.82, 2.24) is 5.43 Å². The summed E-state index contributed by atoms with van der Waals surface area (Å²) in [7, 11) is 0. The molecule has 2 aromatic rings. The minimum Gasteiger partial charge on any atom is -0.507 e. The average molecular weight is 312 g/mol. The molecule has 23 heavy (non-hydrogen) atoms. The topological polar surface area (TPSA) is 80.2 Å². The number of para-hydroxylation sites is 1. The monoisotopic (exact) mass is 312 g/mol. The lowest BCUT2D eigenvalue weighted by molar-refractivity contribution is 0.0952. The van der Waals surface area contributed by atoms with Crippen molar-refractivity contribution in [2.24, 2.45) is 5.10 Å². The summed E-state index contributed by atoms with van der Waals surface area (Å²) < 4.78 is 11.0. The van der Waals surface area contributed by atoms with Crippen molar-refractivity contribution in [3.05, 3.63) is 53.6 Å². The molecule has 0 saturated carbocycles. The number of phenols is 1. The maximum absolute atomic E-state index is 12.0. The molecule has 1 heterocycles. The average Bonchev–Trinajstić information content (AvgIpc) is 2.59. The molecule has 0 bridgehead atoms. The third kappa shape index (κ3) is 3.26. The zero-order chi connectivity index (χ0) is 16.2. The van der Waals surface area contributed by atoms with Crippen LogP contribution in [-0.2, 0) is 0 Å². The Morgan fingerprint density at radius 2 is 1.87 bits per heavy atom. The Balaban J connectivity index is 1.75. The second-order valence-electron chi connectivity index (χ2n) is 5.01. The highest BCUT2D eigenvalue weighted by molar-refractivity contribution is 6.01. The molecule has 0 spiro atoms. The number of hydrogen-bond acceptors (Lipinski definition) is 5. The molecule has 2 N–H and O–H groups in total. The van der Waals surface area contributed by atoms with Gasteiger partial charge in [0.1, 0.15) is 19.0 Å². The zero-order valence-electron chi connectivity index (χ0n) is 12.6. The molecule has 0 radical (unpaired) electrons. The van der Waals surface area contributed by atoms with Crippen molar-refractivity contribution in [3.63, 3.8) is 0 Å². The van der Waals surface area contributed by atoms with Crippen LogP contribution in [0.15, 0.2) is 47.6 Å². The van der Waals surface area contributed by atoms with E-state index in [0.29, 0.717) is 30.4 Å². The van der Waals surface area contributed by atoms with Crippen LogP contribution >= 0.6 is 0 Å². The van der Waals surface area contributed by atoms with Gasteiger partial charge in [0.2, 0.25) is 0 Å². The summed E-state index contributed by atoms with van der Waals surface area (Å²) in [6, 6.07) is 11.8. The van der Waals surface area contributed by atoms with Crippen LogP contribution in [0.3, 0.4) is 0 Å². The number of hydrogen-bond donors (Lipinski definition) is 2. The number of aromatic hydroxyl groups is 1. The highest BCUT2D eigenvalue weighted by atomic mass is 16.6. The molecule has 1 amide bonds. The number of nitrogens with zero attached hydrogens (tertiary/aromatic N) is 1. The number of amides is 1. The number of nitrogens with one attached hydrogen (secondary N) is 1. The van der Waals surface area contributed by atoms with E-state index in [2.05, 4.69) is 10.5 Å². The largest absolute Gasteiger partial charge is 0.507 e. The van der Waals surface area contributed by atoms with Gasteiger partial charge >= 0.3 is 0 Å². The van der Waals surface area contributed by atoms with Crippen LogP contribution in [0, 0.1) is 0 Å². The summed E-state index contributed by atoms with van der Waals surface area (Å²) in [5, 5.41) is 13.7. The molecule has 0 unspecified atom stereocenters. The Labute approximate surface area is 133 Å². The maximum Gasteiger partial charge on any atom is 0.275 e. The molecule has 2 aromatic carbocycles. The van der Waals surface area contributed by atoms with Gasteiger partial charge in [-0.15, -0.1) is 0 Å². The quantitative estimate of drug-likeness (QED) is 0.673. The first-order chi connectivity index (χ1) is 11.1. The molecule has 1 aliphatic heterocycles. The number of phenolic OH excluding ortho intramolecular Hbond substituents is 1. The maximum atomic E-state index is 12.0. The van der Waals surface area contributed by atoms with Crippen LogP contribution in [0.4, 0.5) is 0 Å². The summed E-state index contributed by atoms with van der Waals surface area (Å²) in [5.41, 5.74) is 4.04. The van der Waals surface area contributed by atoms with Crippen LogP contribution in [-0.4, -0.2) is 29.9 Å². The first kappa shape index (κ1) is 14.9. The van der Waals surface area contributed by atoms with Gasteiger partial charge < -0.3 is 14.6 Å². The number of carbonyl (C=O) groups excluding carboxylic acids is 1. The standard InChI is InChI=1S/C17H16N2O4/c1-11(12-6-7-15-16(10-12)23-9-8-22-15)18-19-17(21)13-4-2-3-5-14(13)20/h2-7,10,20H,8-9H2,1H3,(H,19,21)/b18-11+. The second-order valence-corrected chi connectivity index (χ2v) is 5.01. The highest BCUT2D eigenvalue weighted by Crippen LogP contribution is 2.30. The smallest absolute Gasteiger partial charge is 0.275 e. The fourth-order valence-corrected chi connectivity index (χ4v) is 2.19. The lowest BCUT2D eigenvalue weighted by atomic mass is 10.1. The molecule has 118 valence electrons. The minimum atomic E-state index is -0.472. The van der Waals surface area contributed by atoms with Crippen LogP contribution in [0.1, 0.15) is 22.8 Å². The molecule has 1 aliphatic rings. The molecule has 0 atom stereocenters. The summed E-state index contributed by atoms with van der Waals surface area (Å²) >= 11 is 0. The highest BCUT2D eigenvalue weighted by Gasteiger charge is 2.13. The third-order valence-corrected chi connectivity index (χ3v) is 3.43. The molecule has 6 heteroatoms. The summed E-state index contributed by atoms with van der Waals surface area (Å²) in [4.78, 5) is 12.0. The third-order valence-electron chi connectivity index (χ3n) is 3.43. The van der Waals surface area contributed by atoms with E-state index in [-0.39, 0.29) is 11.3 Å². The van der Waals surface area contributed by atoms with Crippen molar-refractivity contribution in [3.8, 4) is 17.2 Å². The molecular weight excluding hydrogens is 296 g/mol. The SMILES string of the molecule is C/C(=N\NC(=O)c1ccccc1O)c1ccc2c(c1)OCCO2. The molecule has 3 rings (SSSR count). The fourth-order valence-electron chi connectivity index (χ4n) is 2.19. The van der Waals surface area contributed by atoms with Crippen LogP contribution in [0.5, 0.6) is 17.2 Å². The van der Waals surface area contributed by atoms with Gasteiger partial charge in [-0.2, -0.15) is 5.10 Å². The number of hydrazone groups is 1. The van der Waals surface area contributed by atoms with Gasteiger partial charge in [-0.3, -0.25) is 4.79 Å². The summed E-state index contributed by atoms with van der Waals surface area (Å²) in [6.07, 6.45) is 0. The molecule has 0 aliphatic carbocycles. The Morgan fingerprint density at radius 3 is 2.65 bits per heavy atom. The van der Waals surface area contributed by atoms with Gasteiger partial charge in [-0.05, 0) is 37.3 Å². The van der Waals surface area contributed by atoms with Crippen molar-refractivity contribution in [2.45, 2.75) is 6.92 Å². The van der Waals surface area contributed by atoms with Gasteiger partial charge in [-0.1, -0.05) is 12.1 Å². The number of rotatable bonds is 3. The molecule has 0 saturated heterocycles. The molecule has 6 nitrogen and oxygen atoms in total. The zero-order valence-corrected chi connectivity index (χ0v) is 12.6. The predicted molar refractivity (Wildman–Crippen MR) is 85.2 cm³/mol. The normalized spacial score (nSPS) is 13.5. The Kier molecular flexibility index (Phi) is 4.14. The molecular formula is C17H16N2O4. The lowest BCUT2D eigenvalue weighted by Crippen LogP contribution is -2.19. The predicted octanol–water partition coefficient (Wildman–Crippen LogP) is 2.32. The first-order valence-corrected chi connectivity index (χ1v) is 7.18. The van der Waals surface area contributed by atoms with E-state index < -0.39 is 5.91 Å². The van der Waals surface area contributed by atoms with Gasteiger partial charge in [0.05, 0.1) is 11.3 Å². The molecule has 0 fully saturated rings. The van der Waals surface area contributed by atoms with E-state index in [1.807, 2.05) is 18.2 Å².